The third kappa shape index (κ3) is 3.89. The van der Waals surface area contributed by atoms with Crippen molar-refractivity contribution >= 4 is 28.3 Å². The van der Waals surface area contributed by atoms with Crippen molar-refractivity contribution in [3.05, 3.63) is 40.9 Å². The van der Waals surface area contributed by atoms with E-state index in [1.807, 2.05) is 0 Å². The molecular weight excluding hydrogens is 512 g/mol. The number of benzene rings is 2. The fourth-order valence-electron chi connectivity index (χ4n) is 7.08. The number of nitrogens with zero attached hydrogens (tertiary/aromatic N) is 4. The fraction of sp³-hybridized carbons (Fsp3) is 0.500. The highest BCUT2D eigenvalue weighted by Crippen LogP contribution is 2.44. The molecule has 200 valence electrons. The third-order valence-corrected chi connectivity index (χ3v) is 9.18. The van der Waals surface area contributed by atoms with Gasteiger partial charge in [-0.3, -0.25) is 4.90 Å². The van der Waals surface area contributed by atoms with Crippen LogP contribution in [-0.2, 0) is 0 Å². The van der Waals surface area contributed by atoms with Gasteiger partial charge in [0.1, 0.15) is 29.5 Å². The van der Waals surface area contributed by atoms with Crippen LogP contribution in [0.1, 0.15) is 38.5 Å². The SMILES string of the molecule is Oc1cccc(F)c1-c1c(Cl)cc2c(N3C[C@H]4CC[C@@H](C3)N4)nc(OCC34CCCN3CCC4)nc2c1F. The summed E-state index contributed by atoms with van der Waals surface area (Å²) in [4.78, 5) is 14.0. The van der Waals surface area contributed by atoms with E-state index in [4.69, 9.17) is 21.3 Å². The van der Waals surface area contributed by atoms with Crippen molar-refractivity contribution < 1.29 is 18.6 Å². The number of aromatic nitrogens is 2. The first-order valence-electron chi connectivity index (χ1n) is 13.5. The van der Waals surface area contributed by atoms with E-state index in [1.165, 1.54) is 18.2 Å². The summed E-state index contributed by atoms with van der Waals surface area (Å²) in [5, 5.41) is 14.4. The summed E-state index contributed by atoms with van der Waals surface area (Å²) in [7, 11) is 0. The number of piperazine rings is 1. The Hall–Kier alpha value is -2.75. The molecule has 2 bridgehead atoms. The molecule has 10 heteroatoms. The number of nitrogens with one attached hydrogen (secondary N) is 1. The average molecular weight is 542 g/mol. The second kappa shape index (κ2) is 9.17. The quantitative estimate of drug-likeness (QED) is 0.477. The number of phenolic OH excluding ortho intramolecular Hbond substituents is 1. The predicted octanol–water partition coefficient (Wildman–Crippen LogP) is 4.88. The lowest BCUT2D eigenvalue weighted by atomic mass is 9.95. The molecule has 4 fully saturated rings. The Kier molecular flexibility index (Phi) is 5.87. The molecule has 4 saturated heterocycles. The highest BCUT2D eigenvalue weighted by molar-refractivity contribution is 6.34. The summed E-state index contributed by atoms with van der Waals surface area (Å²) >= 11 is 6.57. The number of hydrogen-bond donors (Lipinski definition) is 2. The largest absolute Gasteiger partial charge is 0.507 e. The molecule has 7 rings (SSSR count). The van der Waals surface area contributed by atoms with Crippen LogP contribution in [0.2, 0.25) is 5.02 Å². The number of fused-ring (bicyclic) bond motifs is 4. The maximum Gasteiger partial charge on any atom is 0.319 e. The minimum atomic E-state index is -0.805. The summed E-state index contributed by atoms with van der Waals surface area (Å²) in [5.74, 6) is -1.39. The van der Waals surface area contributed by atoms with Crippen molar-refractivity contribution in [2.24, 2.45) is 0 Å². The van der Waals surface area contributed by atoms with Crippen molar-refractivity contribution in [3.8, 4) is 22.9 Å². The van der Waals surface area contributed by atoms with Crippen LogP contribution >= 0.6 is 11.6 Å². The number of phenols is 1. The predicted molar refractivity (Wildman–Crippen MR) is 142 cm³/mol. The molecule has 4 aliphatic heterocycles. The van der Waals surface area contributed by atoms with E-state index < -0.39 is 17.4 Å². The van der Waals surface area contributed by atoms with Gasteiger partial charge in [-0.25, -0.2) is 8.78 Å². The second-order valence-electron chi connectivity index (χ2n) is 11.2. The molecule has 5 heterocycles. The van der Waals surface area contributed by atoms with E-state index in [-0.39, 0.29) is 33.2 Å². The van der Waals surface area contributed by atoms with Gasteiger partial charge in [0, 0.05) is 36.1 Å². The molecule has 4 aliphatic rings. The molecule has 0 unspecified atom stereocenters. The standard InChI is InChI=1S/C28H30ClF2N5O2/c29-19-12-18-25(24(31)22(19)23-20(30)4-1-5-21(23)37)33-27(38-15-28-8-2-10-36(28)11-3-9-28)34-26(18)35-13-16-6-7-17(14-35)32-16/h1,4-5,12,16-17,32,37H,2-3,6-11,13-15H2/t16-,17+. The van der Waals surface area contributed by atoms with Crippen LogP contribution in [-0.4, -0.2) is 70.4 Å². The zero-order valence-electron chi connectivity index (χ0n) is 21.0. The topological polar surface area (TPSA) is 73.8 Å². The van der Waals surface area contributed by atoms with Crippen LogP contribution in [0.25, 0.3) is 22.0 Å². The van der Waals surface area contributed by atoms with Gasteiger partial charge in [-0.15, -0.1) is 0 Å². The summed E-state index contributed by atoms with van der Waals surface area (Å²) < 4.78 is 37.3. The second-order valence-corrected chi connectivity index (χ2v) is 11.6. The minimum Gasteiger partial charge on any atom is -0.507 e. The monoisotopic (exact) mass is 541 g/mol. The van der Waals surface area contributed by atoms with Crippen molar-refractivity contribution in [1.29, 1.82) is 0 Å². The maximum absolute atomic E-state index is 16.3. The number of ether oxygens (including phenoxy) is 1. The fourth-order valence-corrected chi connectivity index (χ4v) is 7.37. The summed E-state index contributed by atoms with van der Waals surface area (Å²) in [6, 6.07) is 6.20. The highest BCUT2D eigenvalue weighted by atomic mass is 35.5. The Balaban J connectivity index is 1.35. The van der Waals surface area contributed by atoms with E-state index in [0.717, 1.165) is 64.7 Å². The Labute approximate surface area is 224 Å². The lowest BCUT2D eigenvalue weighted by Crippen LogP contribution is -2.51. The van der Waals surface area contributed by atoms with Gasteiger partial charge in [0.2, 0.25) is 0 Å². The van der Waals surface area contributed by atoms with Gasteiger partial charge in [0.05, 0.1) is 16.1 Å². The number of anilines is 1. The molecule has 0 amide bonds. The molecule has 0 aliphatic carbocycles. The zero-order valence-corrected chi connectivity index (χ0v) is 21.8. The first-order chi connectivity index (χ1) is 18.4. The van der Waals surface area contributed by atoms with Crippen molar-refractivity contribution in [2.45, 2.75) is 56.1 Å². The summed E-state index contributed by atoms with van der Waals surface area (Å²) in [6.07, 6.45) is 6.57. The van der Waals surface area contributed by atoms with Gasteiger partial charge in [-0.05, 0) is 69.8 Å². The van der Waals surface area contributed by atoms with Gasteiger partial charge in [-0.1, -0.05) is 17.7 Å². The third-order valence-electron chi connectivity index (χ3n) is 8.88. The maximum atomic E-state index is 16.3. The number of aromatic hydroxyl groups is 1. The van der Waals surface area contributed by atoms with E-state index in [2.05, 4.69) is 20.1 Å². The molecule has 2 N–H and O–H groups in total. The summed E-state index contributed by atoms with van der Waals surface area (Å²) in [5.41, 5.74) is -0.520. The van der Waals surface area contributed by atoms with Crippen molar-refractivity contribution in [2.75, 3.05) is 37.7 Å². The van der Waals surface area contributed by atoms with Crippen LogP contribution in [0.3, 0.4) is 0 Å². The van der Waals surface area contributed by atoms with Gasteiger partial charge >= 0.3 is 6.01 Å². The number of hydrogen-bond acceptors (Lipinski definition) is 7. The van der Waals surface area contributed by atoms with Crippen LogP contribution in [0, 0.1) is 11.6 Å². The highest BCUT2D eigenvalue weighted by Gasteiger charge is 2.45. The van der Waals surface area contributed by atoms with Crippen LogP contribution in [0.4, 0.5) is 14.6 Å². The number of halogens is 3. The summed E-state index contributed by atoms with van der Waals surface area (Å²) in [6.45, 7) is 4.05. The Morgan fingerprint density at radius 2 is 1.82 bits per heavy atom. The molecule has 0 radical (unpaired) electrons. The molecule has 38 heavy (non-hydrogen) atoms. The molecule has 1 aromatic heterocycles. The van der Waals surface area contributed by atoms with Crippen LogP contribution in [0.15, 0.2) is 24.3 Å². The Morgan fingerprint density at radius 3 is 2.53 bits per heavy atom. The van der Waals surface area contributed by atoms with Gasteiger partial charge in [0.15, 0.2) is 5.82 Å². The van der Waals surface area contributed by atoms with Crippen molar-refractivity contribution in [1.82, 2.24) is 20.2 Å². The van der Waals surface area contributed by atoms with Gasteiger partial charge in [0.25, 0.3) is 0 Å². The Bertz CT molecular complexity index is 1380. The molecule has 0 spiro atoms. The molecule has 7 nitrogen and oxygen atoms in total. The molecule has 3 aromatic rings. The lowest BCUT2D eigenvalue weighted by molar-refractivity contribution is 0.108. The van der Waals surface area contributed by atoms with Crippen molar-refractivity contribution in [3.63, 3.8) is 0 Å². The Morgan fingerprint density at radius 1 is 1.08 bits per heavy atom. The average Bonchev–Trinajstić information content (AvgIpc) is 3.58. The molecule has 2 aromatic carbocycles. The van der Waals surface area contributed by atoms with Crippen LogP contribution < -0.4 is 15.0 Å². The normalized spacial score (nSPS) is 24.3. The van der Waals surface area contributed by atoms with E-state index in [9.17, 15) is 9.50 Å². The molecule has 2 atom stereocenters. The van der Waals surface area contributed by atoms with E-state index in [0.29, 0.717) is 29.9 Å². The number of rotatable bonds is 5. The molecular formula is C28H30ClF2N5O2. The smallest absolute Gasteiger partial charge is 0.319 e. The van der Waals surface area contributed by atoms with E-state index in [1.54, 1.807) is 6.07 Å². The first-order valence-corrected chi connectivity index (χ1v) is 13.9. The molecule has 0 saturated carbocycles. The van der Waals surface area contributed by atoms with Crippen LogP contribution in [0.5, 0.6) is 11.8 Å². The first kappa shape index (κ1) is 24.3. The van der Waals surface area contributed by atoms with E-state index >= 15 is 4.39 Å². The van der Waals surface area contributed by atoms with Gasteiger partial charge < -0.3 is 20.1 Å². The minimum absolute atomic E-state index is 0.00475. The zero-order chi connectivity index (χ0) is 26.0. The van der Waals surface area contributed by atoms with Gasteiger partial charge in [-0.2, -0.15) is 9.97 Å². The lowest BCUT2D eigenvalue weighted by Gasteiger charge is -2.35.